The molecule has 0 aromatic heterocycles. The maximum absolute atomic E-state index is 11.3. The van der Waals surface area contributed by atoms with Gasteiger partial charge in [0, 0.05) is 25.0 Å². The lowest BCUT2D eigenvalue weighted by molar-refractivity contribution is -0.136. The summed E-state index contributed by atoms with van der Waals surface area (Å²) >= 11 is 0. The average molecular weight is 244 g/mol. The first-order valence-electron chi connectivity index (χ1n) is 5.57. The van der Waals surface area contributed by atoms with Gasteiger partial charge in [0.1, 0.15) is 11.5 Å². The Bertz CT molecular complexity index is 458. The number of carbonyl (C=O) groups excluding carboxylic acids is 2. The van der Waals surface area contributed by atoms with Gasteiger partial charge in [-0.25, -0.2) is 9.59 Å². The Morgan fingerprint density at radius 1 is 0.889 bits per heavy atom. The molecule has 4 nitrogen and oxygen atoms in total. The molecule has 0 fully saturated rings. The molecule has 0 aromatic rings. The zero-order chi connectivity index (χ0) is 12.8. The first-order chi connectivity index (χ1) is 8.74. The van der Waals surface area contributed by atoms with Crippen molar-refractivity contribution in [3.63, 3.8) is 0 Å². The molecule has 0 saturated carbocycles. The summed E-state index contributed by atoms with van der Waals surface area (Å²) < 4.78 is 9.94. The number of allylic oxidation sites excluding steroid dienone is 6. The summed E-state index contributed by atoms with van der Waals surface area (Å²) in [5, 5.41) is 0. The van der Waals surface area contributed by atoms with Crippen LogP contribution in [0.2, 0.25) is 0 Å². The molecular weight excluding hydrogens is 232 g/mol. The predicted octanol–water partition coefficient (Wildman–Crippen LogP) is 2.32. The van der Waals surface area contributed by atoms with Gasteiger partial charge in [-0.3, -0.25) is 0 Å². The second-order valence-electron chi connectivity index (χ2n) is 3.71. The van der Waals surface area contributed by atoms with Crippen LogP contribution < -0.4 is 0 Å². The van der Waals surface area contributed by atoms with Gasteiger partial charge < -0.3 is 9.47 Å². The lowest BCUT2D eigenvalue weighted by Crippen LogP contribution is -2.03. The molecule has 2 aliphatic carbocycles. The van der Waals surface area contributed by atoms with E-state index in [0.717, 1.165) is 12.2 Å². The molecule has 0 N–H and O–H groups in total. The van der Waals surface area contributed by atoms with Crippen LogP contribution in [0.15, 0.2) is 60.1 Å². The lowest BCUT2D eigenvalue weighted by Gasteiger charge is -2.01. The van der Waals surface area contributed by atoms with Gasteiger partial charge >= 0.3 is 11.9 Å². The number of carbonyl (C=O) groups is 2. The Morgan fingerprint density at radius 3 is 1.67 bits per heavy atom. The fourth-order valence-corrected chi connectivity index (χ4v) is 1.47. The van der Waals surface area contributed by atoms with Crippen LogP contribution in [0.3, 0.4) is 0 Å². The van der Waals surface area contributed by atoms with Crippen molar-refractivity contribution in [2.75, 3.05) is 0 Å². The quantitative estimate of drug-likeness (QED) is 0.562. The predicted molar refractivity (Wildman–Crippen MR) is 65.0 cm³/mol. The van der Waals surface area contributed by atoms with Crippen LogP contribution in [0, 0.1) is 0 Å². The summed E-state index contributed by atoms with van der Waals surface area (Å²) in [5.74, 6) is -0.0257. The Kier molecular flexibility index (Phi) is 3.91. The molecule has 0 bridgehead atoms. The van der Waals surface area contributed by atoms with Crippen molar-refractivity contribution in [1.82, 2.24) is 0 Å². The lowest BCUT2D eigenvalue weighted by atomic mass is 10.4. The number of rotatable bonds is 4. The number of ether oxygens (including phenoxy) is 2. The maximum Gasteiger partial charge on any atom is 0.336 e. The second kappa shape index (κ2) is 5.82. The van der Waals surface area contributed by atoms with E-state index in [-0.39, 0.29) is 0 Å². The molecule has 2 aliphatic rings. The van der Waals surface area contributed by atoms with E-state index in [1.165, 1.54) is 0 Å². The third kappa shape index (κ3) is 3.59. The molecule has 0 saturated heterocycles. The standard InChI is InChI=1S/C14H12O4/c15-13(17-11-5-1-2-6-11)9-10-14(16)18-12-7-3-4-8-12/h1-5,7,9-10H,6,8H2/b10-9-. The van der Waals surface area contributed by atoms with Crippen LogP contribution in [-0.4, -0.2) is 11.9 Å². The zero-order valence-corrected chi connectivity index (χ0v) is 9.67. The van der Waals surface area contributed by atoms with Crippen molar-refractivity contribution in [1.29, 1.82) is 0 Å². The molecule has 4 heteroatoms. The van der Waals surface area contributed by atoms with E-state index in [9.17, 15) is 9.59 Å². The van der Waals surface area contributed by atoms with E-state index in [1.807, 2.05) is 12.2 Å². The van der Waals surface area contributed by atoms with E-state index in [0.29, 0.717) is 24.4 Å². The fourth-order valence-electron chi connectivity index (χ4n) is 1.47. The van der Waals surface area contributed by atoms with Crippen molar-refractivity contribution in [3.05, 3.63) is 60.1 Å². The van der Waals surface area contributed by atoms with Crippen molar-refractivity contribution >= 4 is 11.9 Å². The third-order valence-electron chi connectivity index (χ3n) is 2.29. The van der Waals surface area contributed by atoms with Gasteiger partial charge in [0.25, 0.3) is 0 Å². The molecule has 92 valence electrons. The van der Waals surface area contributed by atoms with Gasteiger partial charge in [0.2, 0.25) is 0 Å². The molecule has 0 spiro atoms. The SMILES string of the molecule is O=C(/C=C\C(=O)OC1=CC=CC1)OC1=CC=CC1. The van der Waals surface area contributed by atoms with Crippen LogP contribution in [-0.2, 0) is 19.1 Å². The fraction of sp³-hybridized carbons (Fsp3) is 0.143. The summed E-state index contributed by atoms with van der Waals surface area (Å²) in [6.07, 6.45) is 14.1. The smallest absolute Gasteiger partial charge is 0.336 e. The van der Waals surface area contributed by atoms with E-state index in [4.69, 9.17) is 9.47 Å². The second-order valence-corrected chi connectivity index (χ2v) is 3.71. The highest BCUT2D eigenvalue weighted by atomic mass is 16.5. The van der Waals surface area contributed by atoms with E-state index < -0.39 is 11.9 Å². The van der Waals surface area contributed by atoms with Gasteiger partial charge in [-0.2, -0.15) is 0 Å². The first kappa shape index (κ1) is 12.1. The van der Waals surface area contributed by atoms with Gasteiger partial charge in [-0.15, -0.1) is 0 Å². The van der Waals surface area contributed by atoms with Crippen molar-refractivity contribution in [2.45, 2.75) is 12.8 Å². The minimum Gasteiger partial charge on any atom is -0.428 e. The Labute approximate surface area is 105 Å². The number of hydrogen-bond acceptors (Lipinski definition) is 4. The molecule has 0 unspecified atom stereocenters. The maximum atomic E-state index is 11.3. The molecule has 0 heterocycles. The molecule has 2 rings (SSSR count). The summed E-state index contributed by atoms with van der Waals surface area (Å²) in [4.78, 5) is 22.7. The van der Waals surface area contributed by atoms with Crippen LogP contribution in [0.25, 0.3) is 0 Å². The average Bonchev–Trinajstić information content (AvgIpc) is 2.99. The van der Waals surface area contributed by atoms with Crippen molar-refractivity contribution in [3.8, 4) is 0 Å². The molecule has 0 aliphatic heterocycles. The van der Waals surface area contributed by atoms with Crippen LogP contribution in [0.5, 0.6) is 0 Å². The third-order valence-corrected chi connectivity index (χ3v) is 2.29. The van der Waals surface area contributed by atoms with Crippen molar-refractivity contribution in [2.24, 2.45) is 0 Å². The topological polar surface area (TPSA) is 52.6 Å². The monoisotopic (exact) mass is 244 g/mol. The Morgan fingerprint density at radius 2 is 1.33 bits per heavy atom. The summed E-state index contributed by atoms with van der Waals surface area (Å²) in [6, 6.07) is 0. The van der Waals surface area contributed by atoms with Crippen molar-refractivity contribution < 1.29 is 19.1 Å². The van der Waals surface area contributed by atoms with Gasteiger partial charge in [-0.1, -0.05) is 24.3 Å². The number of esters is 2. The van der Waals surface area contributed by atoms with E-state index >= 15 is 0 Å². The highest BCUT2D eigenvalue weighted by Crippen LogP contribution is 2.13. The summed E-state index contributed by atoms with van der Waals surface area (Å²) in [7, 11) is 0. The molecular formula is C14H12O4. The van der Waals surface area contributed by atoms with Gasteiger partial charge in [-0.05, 0) is 12.2 Å². The number of hydrogen-bond donors (Lipinski definition) is 0. The van der Waals surface area contributed by atoms with Crippen LogP contribution >= 0.6 is 0 Å². The molecule has 0 atom stereocenters. The zero-order valence-electron chi connectivity index (χ0n) is 9.67. The largest absolute Gasteiger partial charge is 0.428 e. The Hall–Kier alpha value is -2.36. The molecule has 0 amide bonds. The van der Waals surface area contributed by atoms with Gasteiger partial charge in [0.15, 0.2) is 0 Å². The van der Waals surface area contributed by atoms with Crippen LogP contribution in [0.4, 0.5) is 0 Å². The summed E-state index contributed by atoms with van der Waals surface area (Å²) in [6.45, 7) is 0. The van der Waals surface area contributed by atoms with Gasteiger partial charge in [0.05, 0.1) is 0 Å². The highest BCUT2D eigenvalue weighted by Gasteiger charge is 2.08. The molecule has 0 aromatic carbocycles. The highest BCUT2D eigenvalue weighted by molar-refractivity contribution is 5.92. The van der Waals surface area contributed by atoms with E-state index in [2.05, 4.69) is 0 Å². The minimum atomic E-state index is -0.583. The van der Waals surface area contributed by atoms with Crippen LogP contribution in [0.1, 0.15) is 12.8 Å². The molecule has 18 heavy (non-hydrogen) atoms. The minimum absolute atomic E-state index is 0.570. The normalized spacial score (nSPS) is 16.9. The molecule has 0 radical (unpaired) electrons. The Balaban J connectivity index is 1.75. The first-order valence-corrected chi connectivity index (χ1v) is 5.57. The van der Waals surface area contributed by atoms with E-state index in [1.54, 1.807) is 24.3 Å². The summed E-state index contributed by atoms with van der Waals surface area (Å²) in [5.41, 5.74) is 0.